The summed E-state index contributed by atoms with van der Waals surface area (Å²) < 4.78 is 36.8. The van der Waals surface area contributed by atoms with Crippen LogP contribution in [-0.2, 0) is 28.6 Å². The maximum atomic E-state index is 12.1. The van der Waals surface area contributed by atoms with Crippen LogP contribution in [0.25, 0.3) is 0 Å². The average molecular weight is 337 g/mol. The van der Waals surface area contributed by atoms with E-state index in [1.54, 1.807) is 27.7 Å². The van der Waals surface area contributed by atoms with E-state index in [0.29, 0.717) is 0 Å². The predicted octanol–water partition coefficient (Wildman–Crippen LogP) is 0.809. The summed E-state index contributed by atoms with van der Waals surface area (Å²) in [4.78, 5) is 23.9. The van der Waals surface area contributed by atoms with Crippen LogP contribution < -0.4 is 5.32 Å². The van der Waals surface area contributed by atoms with Gasteiger partial charge in [-0.3, -0.25) is 4.18 Å². The molecule has 0 spiro atoms. The zero-order valence-corrected chi connectivity index (χ0v) is 14.3. The molecule has 1 amide bonds. The van der Waals surface area contributed by atoms with Gasteiger partial charge in [0.05, 0.1) is 19.5 Å². The third kappa shape index (κ3) is 5.45. The first-order chi connectivity index (χ1) is 9.89. The van der Waals surface area contributed by atoms with Crippen molar-refractivity contribution in [3.05, 3.63) is 0 Å². The minimum Gasteiger partial charge on any atom is -0.464 e. The Bertz CT molecular complexity index is 537. The molecule has 0 aliphatic heterocycles. The number of amides is 1. The van der Waals surface area contributed by atoms with Gasteiger partial charge in [-0.05, 0) is 34.1 Å². The first-order valence-corrected chi connectivity index (χ1v) is 8.74. The van der Waals surface area contributed by atoms with E-state index in [4.69, 9.17) is 13.7 Å². The Morgan fingerprint density at radius 3 is 2.36 bits per heavy atom. The molecule has 22 heavy (non-hydrogen) atoms. The fraction of sp³-hybridized carbons (Fsp3) is 0.846. The van der Waals surface area contributed by atoms with E-state index in [2.05, 4.69) is 5.32 Å². The van der Waals surface area contributed by atoms with Crippen LogP contribution in [0.1, 0.15) is 34.1 Å². The second kappa shape index (κ2) is 6.41. The van der Waals surface area contributed by atoms with Gasteiger partial charge >= 0.3 is 12.1 Å². The van der Waals surface area contributed by atoms with Gasteiger partial charge in [-0.15, -0.1) is 0 Å². The number of rotatable bonds is 6. The summed E-state index contributed by atoms with van der Waals surface area (Å²) in [6.45, 7) is 6.68. The Labute approximate surface area is 130 Å². The highest BCUT2D eigenvalue weighted by molar-refractivity contribution is 7.85. The molecule has 128 valence electrons. The third-order valence-corrected chi connectivity index (χ3v) is 3.52. The highest BCUT2D eigenvalue weighted by Crippen LogP contribution is 2.45. The number of carbonyl (C=O) groups is 2. The Morgan fingerprint density at radius 2 is 1.91 bits per heavy atom. The number of nitrogens with one attached hydrogen (secondary N) is 1. The zero-order chi connectivity index (χ0) is 17.2. The van der Waals surface area contributed by atoms with Gasteiger partial charge in [0.25, 0.3) is 10.1 Å². The molecule has 1 fully saturated rings. The maximum absolute atomic E-state index is 12.1. The lowest BCUT2D eigenvalue weighted by Crippen LogP contribution is -2.48. The van der Waals surface area contributed by atoms with Crippen LogP contribution in [-0.4, -0.2) is 51.1 Å². The summed E-state index contributed by atoms with van der Waals surface area (Å²) in [5, 5.41) is 2.48. The molecule has 0 aromatic heterocycles. The second-order valence-electron chi connectivity index (χ2n) is 6.21. The number of hydrogen-bond acceptors (Lipinski definition) is 7. The van der Waals surface area contributed by atoms with Crippen LogP contribution in [0.3, 0.4) is 0 Å². The number of ether oxygens (including phenoxy) is 2. The van der Waals surface area contributed by atoms with Crippen molar-refractivity contribution in [2.75, 3.05) is 19.5 Å². The van der Waals surface area contributed by atoms with Crippen molar-refractivity contribution in [3.8, 4) is 0 Å². The smallest absolute Gasteiger partial charge is 0.408 e. The van der Waals surface area contributed by atoms with Gasteiger partial charge in [-0.2, -0.15) is 8.42 Å². The molecular weight excluding hydrogens is 314 g/mol. The lowest BCUT2D eigenvalue weighted by Gasteiger charge is -2.23. The fourth-order valence-corrected chi connectivity index (χ4v) is 2.35. The SMILES string of the molecule is CCOC(=O)[C@@]1(NC(=O)OC(C)(C)C)C[C@H]1COS(C)(=O)=O. The van der Waals surface area contributed by atoms with Crippen LogP contribution in [0.2, 0.25) is 0 Å². The Morgan fingerprint density at radius 1 is 1.32 bits per heavy atom. The van der Waals surface area contributed by atoms with Crippen molar-refractivity contribution in [2.45, 2.75) is 45.3 Å². The maximum Gasteiger partial charge on any atom is 0.408 e. The van der Waals surface area contributed by atoms with Crippen LogP contribution in [0.5, 0.6) is 0 Å². The quantitative estimate of drug-likeness (QED) is 0.564. The Kier molecular flexibility index (Phi) is 5.45. The molecule has 0 radical (unpaired) electrons. The van der Waals surface area contributed by atoms with Crippen molar-refractivity contribution < 1.29 is 31.7 Å². The van der Waals surface area contributed by atoms with Gasteiger partial charge in [0.15, 0.2) is 0 Å². The number of carbonyl (C=O) groups excluding carboxylic acids is 2. The van der Waals surface area contributed by atoms with E-state index in [1.807, 2.05) is 0 Å². The largest absolute Gasteiger partial charge is 0.464 e. The Hall–Kier alpha value is -1.35. The molecule has 1 rings (SSSR count). The molecule has 0 unspecified atom stereocenters. The molecule has 0 bridgehead atoms. The summed E-state index contributed by atoms with van der Waals surface area (Å²) >= 11 is 0. The number of hydrogen-bond donors (Lipinski definition) is 1. The average Bonchev–Trinajstić information content (AvgIpc) is 2.98. The normalized spacial score (nSPS) is 24.5. The molecule has 1 aliphatic carbocycles. The van der Waals surface area contributed by atoms with Crippen molar-refractivity contribution in [1.82, 2.24) is 5.32 Å². The number of esters is 1. The minimum atomic E-state index is -3.62. The van der Waals surface area contributed by atoms with E-state index in [1.165, 1.54) is 0 Å². The third-order valence-electron chi connectivity index (χ3n) is 2.95. The van der Waals surface area contributed by atoms with E-state index in [0.717, 1.165) is 6.26 Å². The highest BCUT2D eigenvalue weighted by Gasteiger charge is 2.63. The van der Waals surface area contributed by atoms with E-state index in [-0.39, 0.29) is 19.6 Å². The van der Waals surface area contributed by atoms with Crippen molar-refractivity contribution in [2.24, 2.45) is 5.92 Å². The predicted molar refractivity (Wildman–Crippen MR) is 77.6 cm³/mol. The van der Waals surface area contributed by atoms with Crippen LogP contribution in [0.15, 0.2) is 0 Å². The summed E-state index contributed by atoms with van der Waals surface area (Å²) in [5.41, 5.74) is -2.00. The van der Waals surface area contributed by atoms with Crippen LogP contribution >= 0.6 is 0 Å². The fourth-order valence-electron chi connectivity index (χ4n) is 1.94. The lowest BCUT2D eigenvalue weighted by molar-refractivity contribution is -0.147. The highest BCUT2D eigenvalue weighted by atomic mass is 32.2. The molecule has 2 atom stereocenters. The van der Waals surface area contributed by atoms with Crippen LogP contribution in [0, 0.1) is 5.92 Å². The van der Waals surface area contributed by atoms with E-state index < -0.39 is 39.2 Å². The molecule has 1 aliphatic rings. The summed E-state index contributed by atoms with van der Waals surface area (Å²) in [7, 11) is -3.62. The molecule has 0 heterocycles. The topological polar surface area (TPSA) is 108 Å². The van der Waals surface area contributed by atoms with Gasteiger partial charge in [-0.25, -0.2) is 9.59 Å². The number of alkyl carbamates (subject to hydrolysis) is 1. The summed E-state index contributed by atoms with van der Waals surface area (Å²) in [5.74, 6) is -1.10. The molecule has 0 aromatic carbocycles. The minimum absolute atomic E-state index is 0.149. The monoisotopic (exact) mass is 337 g/mol. The first kappa shape index (κ1) is 18.7. The van der Waals surface area contributed by atoms with Gasteiger partial charge in [-0.1, -0.05) is 0 Å². The van der Waals surface area contributed by atoms with Crippen molar-refractivity contribution in [3.63, 3.8) is 0 Å². The van der Waals surface area contributed by atoms with E-state index in [9.17, 15) is 18.0 Å². The summed E-state index contributed by atoms with van der Waals surface area (Å²) in [6.07, 6.45) is 0.394. The van der Waals surface area contributed by atoms with Gasteiger partial charge in [0.2, 0.25) is 0 Å². The molecule has 9 heteroatoms. The zero-order valence-electron chi connectivity index (χ0n) is 13.5. The van der Waals surface area contributed by atoms with Gasteiger partial charge < -0.3 is 14.8 Å². The molecular formula is C13H23NO7S. The lowest BCUT2D eigenvalue weighted by atomic mass is 10.2. The van der Waals surface area contributed by atoms with Crippen molar-refractivity contribution >= 4 is 22.2 Å². The molecule has 8 nitrogen and oxygen atoms in total. The standard InChI is InChI=1S/C13H23NO7S/c1-6-19-10(15)13(14-11(16)21-12(2,3)4)7-9(13)8-20-22(5,17)18/h9H,6-8H2,1-5H3,(H,14,16)/t9-,13+/m0/s1. The molecule has 0 aromatic rings. The first-order valence-electron chi connectivity index (χ1n) is 6.92. The van der Waals surface area contributed by atoms with E-state index >= 15 is 0 Å². The van der Waals surface area contributed by atoms with Crippen molar-refractivity contribution in [1.29, 1.82) is 0 Å². The molecule has 0 saturated heterocycles. The second-order valence-corrected chi connectivity index (χ2v) is 7.85. The van der Waals surface area contributed by atoms with Gasteiger partial charge in [0.1, 0.15) is 11.1 Å². The van der Waals surface area contributed by atoms with Crippen LogP contribution in [0.4, 0.5) is 4.79 Å². The Balaban J connectivity index is 2.75. The molecule has 1 saturated carbocycles. The molecule has 1 N–H and O–H groups in total. The van der Waals surface area contributed by atoms with Gasteiger partial charge in [0, 0.05) is 5.92 Å². The summed E-state index contributed by atoms with van der Waals surface area (Å²) in [6, 6.07) is 0.